The Labute approximate surface area is 172 Å². The van der Waals surface area contributed by atoms with Crippen molar-refractivity contribution < 1.29 is 18.3 Å². The Hall–Kier alpha value is -2.80. The van der Waals surface area contributed by atoms with Crippen molar-refractivity contribution in [1.82, 2.24) is 15.3 Å². The van der Waals surface area contributed by atoms with Crippen LogP contribution in [0.5, 0.6) is 0 Å². The summed E-state index contributed by atoms with van der Waals surface area (Å²) < 4.78 is 34.3. The summed E-state index contributed by atoms with van der Waals surface area (Å²) in [6, 6.07) is 5.30. The molecule has 1 N–H and O–H groups in total. The molecule has 0 aliphatic heterocycles. The third kappa shape index (κ3) is 4.79. The predicted molar refractivity (Wildman–Crippen MR) is 108 cm³/mol. The molecule has 1 atom stereocenters. The van der Waals surface area contributed by atoms with Crippen molar-refractivity contribution in [3.8, 4) is 11.1 Å². The van der Waals surface area contributed by atoms with Gasteiger partial charge in [-0.2, -0.15) is 0 Å². The van der Waals surface area contributed by atoms with E-state index in [0.717, 1.165) is 6.20 Å². The number of amides is 1. The number of rotatable bonds is 3. The van der Waals surface area contributed by atoms with Crippen LogP contribution in [0.15, 0.2) is 36.7 Å². The maximum Gasteiger partial charge on any atom is 0.408 e. The topological polar surface area (TPSA) is 64.1 Å². The van der Waals surface area contributed by atoms with Crippen molar-refractivity contribution in [2.24, 2.45) is 0 Å². The molecule has 0 saturated carbocycles. The maximum atomic E-state index is 14.7. The van der Waals surface area contributed by atoms with Gasteiger partial charge < -0.3 is 10.1 Å². The van der Waals surface area contributed by atoms with Crippen molar-refractivity contribution in [3.63, 3.8) is 0 Å². The molecular formula is C21H20ClF2N3O2. The van der Waals surface area contributed by atoms with Crippen LogP contribution in [-0.2, 0) is 4.74 Å². The lowest BCUT2D eigenvalue weighted by Gasteiger charge is -2.22. The molecule has 5 nitrogen and oxygen atoms in total. The minimum atomic E-state index is -0.651. The van der Waals surface area contributed by atoms with Crippen molar-refractivity contribution >= 4 is 28.6 Å². The van der Waals surface area contributed by atoms with Crippen LogP contribution in [-0.4, -0.2) is 21.7 Å². The summed E-state index contributed by atoms with van der Waals surface area (Å²) in [5.41, 5.74) is 0.484. The van der Waals surface area contributed by atoms with E-state index < -0.39 is 29.4 Å². The molecule has 2 aromatic heterocycles. The van der Waals surface area contributed by atoms with E-state index in [4.69, 9.17) is 16.3 Å². The first kappa shape index (κ1) is 20.9. The molecule has 0 aliphatic carbocycles. The number of aromatic nitrogens is 2. The van der Waals surface area contributed by atoms with Crippen LogP contribution in [0.1, 0.15) is 39.3 Å². The van der Waals surface area contributed by atoms with Crippen LogP contribution in [0.4, 0.5) is 13.6 Å². The van der Waals surface area contributed by atoms with Crippen LogP contribution >= 0.6 is 11.6 Å². The second kappa shape index (κ2) is 7.91. The van der Waals surface area contributed by atoms with Crippen LogP contribution in [0.25, 0.3) is 22.0 Å². The normalized spacial score (nSPS) is 12.7. The first-order chi connectivity index (χ1) is 13.5. The van der Waals surface area contributed by atoms with Gasteiger partial charge in [-0.1, -0.05) is 11.6 Å². The van der Waals surface area contributed by atoms with Gasteiger partial charge in [0, 0.05) is 17.1 Å². The van der Waals surface area contributed by atoms with E-state index in [2.05, 4.69) is 15.3 Å². The van der Waals surface area contributed by atoms with E-state index >= 15 is 0 Å². The lowest BCUT2D eigenvalue weighted by Crippen LogP contribution is -2.34. The molecule has 0 radical (unpaired) electrons. The van der Waals surface area contributed by atoms with Crippen LogP contribution < -0.4 is 5.32 Å². The minimum absolute atomic E-state index is 0.0910. The number of halogens is 3. The van der Waals surface area contributed by atoms with Crippen molar-refractivity contribution in [2.75, 3.05) is 0 Å². The third-order valence-corrected chi connectivity index (χ3v) is 4.37. The fourth-order valence-corrected chi connectivity index (χ4v) is 3.12. The Morgan fingerprint density at radius 2 is 1.90 bits per heavy atom. The monoisotopic (exact) mass is 419 g/mol. The average molecular weight is 420 g/mol. The van der Waals surface area contributed by atoms with Gasteiger partial charge in [-0.25, -0.2) is 18.6 Å². The molecule has 1 unspecified atom stereocenters. The molecule has 0 spiro atoms. The Bertz CT molecular complexity index is 1080. The molecule has 3 aromatic rings. The zero-order valence-electron chi connectivity index (χ0n) is 16.4. The summed E-state index contributed by atoms with van der Waals surface area (Å²) >= 11 is 5.87. The molecule has 3 rings (SSSR count). The summed E-state index contributed by atoms with van der Waals surface area (Å²) in [4.78, 5) is 19.9. The quantitative estimate of drug-likeness (QED) is 0.544. The molecule has 0 saturated heterocycles. The van der Waals surface area contributed by atoms with Gasteiger partial charge in [-0.05, 0) is 63.1 Å². The number of ether oxygens (including phenoxy) is 1. The molecule has 8 heteroatoms. The zero-order valence-corrected chi connectivity index (χ0v) is 17.1. The lowest BCUT2D eigenvalue weighted by molar-refractivity contribution is 0.0508. The van der Waals surface area contributed by atoms with Crippen molar-refractivity contribution in [2.45, 2.75) is 39.3 Å². The van der Waals surface area contributed by atoms with Crippen LogP contribution in [0, 0.1) is 11.6 Å². The highest BCUT2D eigenvalue weighted by atomic mass is 35.5. The molecule has 1 amide bonds. The molecule has 2 heterocycles. The van der Waals surface area contributed by atoms with Crippen molar-refractivity contribution in [3.05, 3.63) is 59.0 Å². The van der Waals surface area contributed by atoms with Gasteiger partial charge in [0.05, 0.1) is 12.2 Å². The highest BCUT2D eigenvalue weighted by molar-refractivity contribution is 6.29. The Balaban J connectivity index is 2.06. The number of carbonyl (C=O) groups excluding carboxylic acids is 1. The van der Waals surface area contributed by atoms with Gasteiger partial charge in [0.1, 0.15) is 27.9 Å². The lowest BCUT2D eigenvalue weighted by atomic mass is 9.98. The third-order valence-electron chi connectivity index (χ3n) is 4.16. The van der Waals surface area contributed by atoms with Crippen LogP contribution in [0.3, 0.4) is 0 Å². The van der Waals surface area contributed by atoms with Gasteiger partial charge in [0.25, 0.3) is 0 Å². The number of fused-ring (bicyclic) bond motifs is 1. The summed E-state index contributed by atoms with van der Waals surface area (Å²) in [7, 11) is 0. The van der Waals surface area contributed by atoms with E-state index in [9.17, 15) is 13.6 Å². The standard InChI is InChI=1S/C21H20ClF2N3O2/c1-11(27-20(28)29-21(2,3)4)13-5-6-25-19-15(13)7-12(8-16(19)23)14-9-18(22)26-10-17(14)24/h5-11H,1-4H3,(H,27,28). The molecule has 152 valence electrons. The summed E-state index contributed by atoms with van der Waals surface area (Å²) in [5.74, 6) is -1.24. The first-order valence-electron chi connectivity index (χ1n) is 8.94. The Kier molecular flexibility index (Phi) is 5.71. The number of alkyl carbamates (subject to hydrolysis) is 1. The van der Waals surface area contributed by atoms with Gasteiger partial charge in [0.15, 0.2) is 0 Å². The largest absolute Gasteiger partial charge is 0.444 e. The van der Waals surface area contributed by atoms with Crippen LogP contribution in [0.2, 0.25) is 5.15 Å². The minimum Gasteiger partial charge on any atom is -0.444 e. The maximum absolute atomic E-state index is 14.7. The van der Waals surface area contributed by atoms with E-state index in [1.165, 1.54) is 18.3 Å². The fourth-order valence-electron chi connectivity index (χ4n) is 2.96. The number of carbonyl (C=O) groups is 1. The molecule has 0 fully saturated rings. The van der Waals surface area contributed by atoms with Gasteiger partial charge in [-0.15, -0.1) is 0 Å². The van der Waals surface area contributed by atoms with Gasteiger partial charge in [-0.3, -0.25) is 4.98 Å². The Morgan fingerprint density at radius 3 is 2.59 bits per heavy atom. The number of nitrogens with one attached hydrogen (secondary N) is 1. The smallest absolute Gasteiger partial charge is 0.408 e. The molecule has 1 aromatic carbocycles. The number of nitrogens with zero attached hydrogens (tertiary/aromatic N) is 2. The van der Waals surface area contributed by atoms with Crippen molar-refractivity contribution in [1.29, 1.82) is 0 Å². The summed E-state index contributed by atoms with van der Waals surface area (Å²) in [6.07, 6.45) is 1.84. The first-order valence-corrected chi connectivity index (χ1v) is 9.32. The second-order valence-electron chi connectivity index (χ2n) is 7.61. The zero-order chi connectivity index (χ0) is 21.3. The van der Waals surface area contributed by atoms with E-state index in [0.29, 0.717) is 10.9 Å². The van der Waals surface area contributed by atoms with E-state index in [1.807, 2.05) is 0 Å². The summed E-state index contributed by atoms with van der Waals surface area (Å²) in [5, 5.41) is 3.26. The highest BCUT2D eigenvalue weighted by Crippen LogP contribution is 2.32. The highest BCUT2D eigenvalue weighted by Gasteiger charge is 2.21. The van der Waals surface area contributed by atoms with Gasteiger partial charge >= 0.3 is 6.09 Å². The molecular weight excluding hydrogens is 400 g/mol. The van der Waals surface area contributed by atoms with Gasteiger partial charge in [0.2, 0.25) is 0 Å². The average Bonchev–Trinajstić information content (AvgIpc) is 2.61. The Morgan fingerprint density at radius 1 is 1.17 bits per heavy atom. The van der Waals surface area contributed by atoms with E-state index in [-0.39, 0.29) is 21.8 Å². The molecule has 0 aliphatic rings. The number of pyridine rings is 2. The fraction of sp³-hybridized carbons (Fsp3) is 0.286. The number of hydrogen-bond donors (Lipinski definition) is 1. The SMILES string of the molecule is CC(NC(=O)OC(C)(C)C)c1ccnc2c(F)cc(-c3cc(Cl)ncc3F)cc12. The number of hydrogen-bond acceptors (Lipinski definition) is 4. The predicted octanol–water partition coefficient (Wildman–Crippen LogP) is 5.81. The number of benzene rings is 1. The molecule has 0 bridgehead atoms. The molecule has 29 heavy (non-hydrogen) atoms. The second-order valence-corrected chi connectivity index (χ2v) is 8.00. The van der Waals surface area contributed by atoms with E-state index in [1.54, 1.807) is 39.8 Å². The summed E-state index contributed by atoms with van der Waals surface area (Å²) in [6.45, 7) is 7.02.